The lowest BCUT2D eigenvalue weighted by Crippen LogP contribution is -1.97. The average Bonchev–Trinajstić information content (AvgIpc) is 2.31. The Hall–Kier alpha value is 0.250. The quantitative estimate of drug-likeness (QED) is 0.323. The predicted octanol–water partition coefficient (Wildman–Crippen LogP) is 5.16. The maximum atomic E-state index is 5.51. The molecule has 0 N–H and O–H groups in total. The van der Waals surface area contributed by atoms with Crippen LogP contribution in [-0.4, -0.2) is 19.1 Å². The Morgan fingerprint density at radius 2 is 1.19 bits per heavy atom. The van der Waals surface area contributed by atoms with Crippen LogP contribution in [0.4, 0.5) is 0 Å². The largest absolute Gasteiger partial charge is 0.380 e. The molecule has 0 saturated carbocycles. The number of alkyl halides is 1. The van der Waals surface area contributed by atoms with Gasteiger partial charge < -0.3 is 4.74 Å². The zero-order valence-electron chi connectivity index (χ0n) is 11.0. The number of hydrogen-bond acceptors (Lipinski definition) is 1. The summed E-state index contributed by atoms with van der Waals surface area (Å²) >= 11 is 5.51. The third-order valence-electron chi connectivity index (χ3n) is 2.86. The van der Waals surface area contributed by atoms with E-state index in [0.717, 1.165) is 6.61 Å². The standard InChI is InChI=1S/C14H29ClO/c1-2-3-4-5-6-7-8-9-10-11-13-16-14-12-15/h2-14H2,1H3. The van der Waals surface area contributed by atoms with Crippen molar-refractivity contribution in [1.29, 1.82) is 0 Å². The van der Waals surface area contributed by atoms with Crippen LogP contribution >= 0.6 is 11.6 Å². The van der Waals surface area contributed by atoms with Gasteiger partial charge in [-0.25, -0.2) is 0 Å². The summed E-state index contributed by atoms with van der Waals surface area (Å²) in [7, 11) is 0. The number of hydrogen-bond donors (Lipinski definition) is 0. The van der Waals surface area contributed by atoms with Gasteiger partial charge in [-0.05, 0) is 6.42 Å². The number of halogens is 1. The Morgan fingerprint density at radius 1 is 0.688 bits per heavy atom. The lowest BCUT2D eigenvalue weighted by Gasteiger charge is -2.03. The number of unbranched alkanes of at least 4 members (excludes halogenated alkanes) is 9. The Morgan fingerprint density at radius 3 is 1.69 bits per heavy atom. The van der Waals surface area contributed by atoms with Gasteiger partial charge in [0.2, 0.25) is 0 Å². The fraction of sp³-hybridized carbons (Fsp3) is 1.00. The van der Waals surface area contributed by atoms with Gasteiger partial charge in [-0.1, -0.05) is 64.7 Å². The molecule has 0 radical (unpaired) electrons. The molecule has 0 heterocycles. The van der Waals surface area contributed by atoms with E-state index >= 15 is 0 Å². The van der Waals surface area contributed by atoms with Gasteiger partial charge in [0.25, 0.3) is 0 Å². The van der Waals surface area contributed by atoms with E-state index in [1.54, 1.807) is 0 Å². The SMILES string of the molecule is CCCCCCCCCCCCOCCCl. The molecule has 2 heteroatoms. The zero-order valence-corrected chi connectivity index (χ0v) is 11.7. The van der Waals surface area contributed by atoms with Crippen LogP contribution in [0.1, 0.15) is 71.1 Å². The topological polar surface area (TPSA) is 9.23 Å². The first-order chi connectivity index (χ1) is 7.91. The van der Waals surface area contributed by atoms with Gasteiger partial charge in [-0.15, -0.1) is 11.6 Å². The third-order valence-corrected chi connectivity index (χ3v) is 3.02. The van der Waals surface area contributed by atoms with E-state index in [1.807, 2.05) is 0 Å². The maximum Gasteiger partial charge on any atom is 0.0601 e. The van der Waals surface area contributed by atoms with Gasteiger partial charge in [0.1, 0.15) is 0 Å². The highest BCUT2D eigenvalue weighted by Crippen LogP contribution is 2.10. The second-order valence-electron chi connectivity index (χ2n) is 4.48. The number of rotatable bonds is 13. The molecule has 0 bridgehead atoms. The summed E-state index contributed by atoms with van der Waals surface area (Å²) in [6.45, 7) is 3.87. The first-order valence-electron chi connectivity index (χ1n) is 7.05. The van der Waals surface area contributed by atoms with Crippen molar-refractivity contribution in [3.63, 3.8) is 0 Å². The minimum Gasteiger partial charge on any atom is -0.380 e. The molecular weight excluding hydrogens is 220 g/mol. The second-order valence-corrected chi connectivity index (χ2v) is 4.86. The van der Waals surface area contributed by atoms with Crippen molar-refractivity contribution in [3.05, 3.63) is 0 Å². The molecular formula is C14H29ClO. The summed E-state index contributed by atoms with van der Waals surface area (Å²) in [6, 6.07) is 0. The van der Waals surface area contributed by atoms with Crippen molar-refractivity contribution < 1.29 is 4.74 Å². The Bertz CT molecular complexity index is 103. The van der Waals surface area contributed by atoms with Crippen LogP contribution in [-0.2, 0) is 4.74 Å². The van der Waals surface area contributed by atoms with Gasteiger partial charge in [-0.2, -0.15) is 0 Å². The van der Waals surface area contributed by atoms with Crippen LogP contribution < -0.4 is 0 Å². The molecule has 0 fully saturated rings. The van der Waals surface area contributed by atoms with Crippen molar-refractivity contribution in [2.24, 2.45) is 0 Å². The highest BCUT2D eigenvalue weighted by Gasteiger charge is 1.92. The minimum atomic E-state index is 0.623. The van der Waals surface area contributed by atoms with Crippen molar-refractivity contribution in [3.8, 4) is 0 Å². The van der Waals surface area contributed by atoms with E-state index in [-0.39, 0.29) is 0 Å². The van der Waals surface area contributed by atoms with Crippen molar-refractivity contribution >= 4 is 11.6 Å². The highest BCUT2D eigenvalue weighted by atomic mass is 35.5. The van der Waals surface area contributed by atoms with Gasteiger partial charge in [0, 0.05) is 12.5 Å². The average molecular weight is 249 g/mol. The van der Waals surface area contributed by atoms with Gasteiger partial charge >= 0.3 is 0 Å². The molecule has 0 unspecified atom stereocenters. The van der Waals surface area contributed by atoms with Crippen LogP contribution in [0.3, 0.4) is 0 Å². The minimum absolute atomic E-state index is 0.623. The Labute approximate surface area is 107 Å². The van der Waals surface area contributed by atoms with E-state index in [4.69, 9.17) is 16.3 Å². The zero-order chi connectivity index (χ0) is 11.9. The lowest BCUT2D eigenvalue weighted by molar-refractivity contribution is 0.144. The predicted molar refractivity (Wildman–Crippen MR) is 73.4 cm³/mol. The lowest BCUT2D eigenvalue weighted by atomic mass is 10.1. The van der Waals surface area contributed by atoms with Crippen LogP contribution in [0, 0.1) is 0 Å². The summed E-state index contributed by atoms with van der Waals surface area (Å²) < 4.78 is 5.32. The third kappa shape index (κ3) is 14.2. The smallest absolute Gasteiger partial charge is 0.0601 e. The Balaban J connectivity index is 2.83. The molecule has 0 spiro atoms. The highest BCUT2D eigenvalue weighted by molar-refractivity contribution is 6.17. The summed E-state index contributed by atoms with van der Waals surface area (Å²) in [5.41, 5.74) is 0. The van der Waals surface area contributed by atoms with Crippen LogP contribution in [0.15, 0.2) is 0 Å². The maximum absolute atomic E-state index is 5.51. The molecule has 0 atom stereocenters. The van der Waals surface area contributed by atoms with E-state index < -0.39 is 0 Å². The van der Waals surface area contributed by atoms with E-state index in [1.165, 1.54) is 64.2 Å². The fourth-order valence-electron chi connectivity index (χ4n) is 1.85. The van der Waals surface area contributed by atoms with Gasteiger partial charge in [0.15, 0.2) is 0 Å². The first-order valence-corrected chi connectivity index (χ1v) is 7.59. The molecule has 0 aromatic rings. The van der Waals surface area contributed by atoms with E-state index in [0.29, 0.717) is 12.5 Å². The molecule has 0 aliphatic rings. The van der Waals surface area contributed by atoms with Crippen LogP contribution in [0.25, 0.3) is 0 Å². The number of ether oxygens (including phenoxy) is 1. The summed E-state index contributed by atoms with van der Waals surface area (Å²) in [4.78, 5) is 0. The normalized spacial score (nSPS) is 10.9. The molecule has 0 amide bonds. The van der Waals surface area contributed by atoms with Crippen molar-refractivity contribution in [1.82, 2.24) is 0 Å². The van der Waals surface area contributed by atoms with Crippen LogP contribution in [0.2, 0.25) is 0 Å². The fourth-order valence-corrected chi connectivity index (χ4v) is 1.96. The monoisotopic (exact) mass is 248 g/mol. The Kier molecular flexibility index (Phi) is 15.5. The first kappa shape index (κ1) is 16.2. The van der Waals surface area contributed by atoms with Crippen LogP contribution in [0.5, 0.6) is 0 Å². The summed E-state index contributed by atoms with van der Waals surface area (Å²) in [5, 5.41) is 0. The molecule has 0 aromatic heterocycles. The van der Waals surface area contributed by atoms with Gasteiger partial charge in [0.05, 0.1) is 6.61 Å². The molecule has 98 valence electrons. The van der Waals surface area contributed by atoms with Gasteiger partial charge in [-0.3, -0.25) is 0 Å². The second kappa shape index (κ2) is 15.2. The summed E-state index contributed by atoms with van der Waals surface area (Å²) in [6.07, 6.45) is 13.8. The molecule has 16 heavy (non-hydrogen) atoms. The van der Waals surface area contributed by atoms with E-state index in [2.05, 4.69) is 6.92 Å². The van der Waals surface area contributed by atoms with Crippen molar-refractivity contribution in [2.75, 3.05) is 19.1 Å². The molecule has 0 aromatic carbocycles. The molecule has 0 rings (SSSR count). The molecule has 0 aliphatic heterocycles. The molecule has 0 aliphatic carbocycles. The van der Waals surface area contributed by atoms with Crippen molar-refractivity contribution in [2.45, 2.75) is 71.1 Å². The molecule has 0 saturated heterocycles. The molecule has 1 nitrogen and oxygen atoms in total. The van der Waals surface area contributed by atoms with E-state index in [9.17, 15) is 0 Å². The summed E-state index contributed by atoms with van der Waals surface area (Å²) in [5.74, 6) is 0.623.